The fourth-order valence-electron chi connectivity index (χ4n) is 4.80. The number of aliphatic hydroxyl groups is 1. The molecule has 0 spiro atoms. The zero-order chi connectivity index (χ0) is 24.1. The van der Waals surface area contributed by atoms with Gasteiger partial charge in [-0.05, 0) is 69.9 Å². The van der Waals surface area contributed by atoms with Crippen LogP contribution >= 0.6 is 22.9 Å². The topological polar surface area (TPSA) is 95.8 Å². The van der Waals surface area contributed by atoms with E-state index in [1.165, 1.54) is 6.20 Å². The number of likely N-dealkylation sites (tertiary alicyclic amines) is 1. The number of halogens is 1. The summed E-state index contributed by atoms with van der Waals surface area (Å²) in [7, 11) is 1.58. The average molecular weight is 504 g/mol. The van der Waals surface area contributed by atoms with E-state index < -0.39 is 17.5 Å². The van der Waals surface area contributed by atoms with Crippen LogP contribution in [0, 0.1) is 5.41 Å². The number of carboxylic acids is 1. The van der Waals surface area contributed by atoms with E-state index in [0.29, 0.717) is 47.5 Å². The van der Waals surface area contributed by atoms with Crippen LogP contribution in [0.15, 0.2) is 36.0 Å². The van der Waals surface area contributed by atoms with Gasteiger partial charge in [-0.2, -0.15) is 0 Å². The van der Waals surface area contributed by atoms with Crippen LogP contribution < -0.4 is 4.74 Å². The molecule has 3 heterocycles. The van der Waals surface area contributed by atoms with Crippen LogP contribution in [0.2, 0.25) is 5.02 Å². The fourth-order valence-corrected chi connectivity index (χ4v) is 5.74. The third kappa shape index (κ3) is 5.51. The molecule has 0 radical (unpaired) electrons. The van der Waals surface area contributed by atoms with Crippen molar-refractivity contribution in [3.05, 3.63) is 51.6 Å². The Morgan fingerprint density at radius 3 is 2.79 bits per heavy atom. The number of aryl methyl sites for hydroxylation is 1. The van der Waals surface area contributed by atoms with Crippen molar-refractivity contribution in [2.45, 2.75) is 44.6 Å². The second-order valence-electron chi connectivity index (χ2n) is 8.91. The summed E-state index contributed by atoms with van der Waals surface area (Å²) in [5.41, 5.74) is 0.448. The van der Waals surface area contributed by atoms with Crippen LogP contribution in [0.5, 0.6) is 5.75 Å². The first kappa shape index (κ1) is 24.9. The van der Waals surface area contributed by atoms with Crippen LogP contribution in [0.3, 0.4) is 0 Å². The zero-order valence-electron chi connectivity index (χ0n) is 19.2. The van der Waals surface area contributed by atoms with Gasteiger partial charge in [0.15, 0.2) is 0 Å². The summed E-state index contributed by atoms with van der Waals surface area (Å²) in [6.45, 7) is 2.44. The Morgan fingerprint density at radius 1 is 1.32 bits per heavy atom. The van der Waals surface area contributed by atoms with Crippen LogP contribution in [0.1, 0.15) is 48.8 Å². The first-order valence-electron chi connectivity index (χ1n) is 11.6. The molecule has 3 aromatic rings. The van der Waals surface area contributed by atoms with Crippen LogP contribution in [-0.2, 0) is 11.2 Å². The first-order chi connectivity index (χ1) is 16.4. The number of nitrogens with zero attached hydrogens (tertiary/aromatic N) is 3. The summed E-state index contributed by atoms with van der Waals surface area (Å²) < 4.78 is 5.32. The number of benzene rings is 1. The highest BCUT2D eigenvalue weighted by Crippen LogP contribution is 2.41. The molecule has 1 fully saturated rings. The van der Waals surface area contributed by atoms with Crippen LogP contribution in [0.25, 0.3) is 10.9 Å². The third-order valence-corrected chi connectivity index (χ3v) is 8.05. The number of fused-ring (bicyclic) bond motifs is 1. The van der Waals surface area contributed by atoms with Gasteiger partial charge < -0.3 is 19.8 Å². The molecule has 2 N–H and O–H groups in total. The molecule has 0 aliphatic carbocycles. The SMILES string of the molecule is COc1ccc2ncc(Cl)c(C(O)CCC3(C(=O)O)CCN(CCCc4nccs4)CC3)c2c1. The second-order valence-corrected chi connectivity index (χ2v) is 10.3. The van der Waals surface area contributed by atoms with E-state index in [4.69, 9.17) is 16.3 Å². The molecule has 1 atom stereocenters. The van der Waals surface area contributed by atoms with Gasteiger partial charge in [0, 0.05) is 35.1 Å². The number of aliphatic carboxylic acids is 1. The minimum absolute atomic E-state index is 0.312. The summed E-state index contributed by atoms with van der Waals surface area (Å²) >= 11 is 8.10. The lowest BCUT2D eigenvalue weighted by molar-refractivity contribution is -0.153. The third-order valence-electron chi connectivity index (χ3n) is 6.91. The summed E-state index contributed by atoms with van der Waals surface area (Å²) in [4.78, 5) is 23.3. The Balaban J connectivity index is 1.39. The highest BCUT2D eigenvalue weighted by molar-refractivity contribution is 7.09. The number of carbonyl (C=O) groups is 1. The summed E-state index contributed by atoms with van der Waals surface area (Å²) in [5.74, 6) is -0.135. The Labute approximate surface area is 208 Å². The predicted octanol–water partition coefficient (Wildman–Crippen LogP) is 4.97. The summed E-state index contributed by atoms with van der Waals surface area (Å²) in [6.07, 6.45) is 6.29. The molecule has 0 saturated carbocycles. The molecule has 1 aliphatic rings. The Kier molecular flexibility index (Phi) is 8.03. The van der Waals surface area contributed by atoms with Gasteiger partial charge in [-0.3, -0.25) is 9.78 Å². The maximum Gasteiger partial charge on any atom is 0.309 e. The molecule has 4 rings (SSSR count). The van der Waals surface area contributed by atoms with Crippen LogP contribution in [0.4, 0.5) is 0 Å². The quantitative estimate of drug-likeness (QED) is 0.403. The molecule has 1 aromatic carbocycles. The van der Waals surface area contributed by atoms with Gasteiger partial charge in [-0.1, -0.05) is 11.6 Å². The van der Waals surface area contributed by atoms with E-state index in [2.05, 4.69) is 14.9 Å². The maximum absolute atomic E-state index is 12.3. The highest BCUT2D eigenvalue weighted by Gasteiger charge is 2.41. The normalized spacial score (nSPS) is 17.0. The molecular weight excluding hydrogens is 474 g/mol. The van der Waals surface area contributed by atoms with E-state index in [1.807, 2.05) is 29.8 Å². The molecule has 1 saturated heterocycles. The van der Waals surface area contributed by atoms with E-state index in [-0.39, 0.29) is 0 Å². The number of carboxylic acid groups (broad SMARTS) is 1. The Hall–Kier alpha value is -2.26. The number of pyridine rings is 1. The number of rotatable bonds is 10. The van der Waals surface area contributed by atoms with Gasteiger partial charge >= 0.3 is 5.97 Å². The van der Waals surface area contributed by atoms with Crippen molar-refractivity contribution >= 4 is 39.8 Å². The molecule has 34 heavy (non-hydrogen) atoms. The smallest absolute Gasteiger partial charge is 0.309 e. The molecule has 0 bridgehead atoms. The van der Waals surface area contributed by atoms with Crippen molar-refractivity contribution in [1.82, 2.24) is 14.9 Å². The largest absolute Gasteiger partial charge is 0.497 e. The van der Waals surface area contributed by atoms with Gasteiger partial charge in [-0.15, -0.1) is 11.3 Å². The van der Waals surface area contributed by atoms with E-state index in [9.17, 15) is 15.0 Å². The van der Waals surface area contributed by atoms with Gasteiger partial charge in [0.05, 0.1) is 34.2 Å². The van der Waals surface area contributed by atoms with Crippen molar-refractivity contribution in [3.63, 3.8) is 0 Å². The van der Waals surface area contributed by atoms with Crippen molar-refractivity contribution in [1.29, 1.82) is 0 Å². The van der Waals surface area contributed by atoms with Gasteiger partial charge in [0.1, 0.15) is 5.75 Å². The van der Waals surface area contributed by atoms with E-state index in [1.54, 1.807) is 18.4 Å². The summed E-state index contributed by atoms with van der Waals surface area (Å²) in [5, 5.41) is 25.4. The summed E-state index contributed by atoms with van der Waals surface area (Å²) in [6, 6.07) is 5.44. The number of ether oxygens (including phenoxy) is 1. The van der Waals surface area contributed by atoms with Crippen molar-refractivity contribution < 1.29 is 19.7 Å². The molecule has 2 aromatic heterocycles. The standard InChI is InChI=1S/C25H30ClN3O4S/c1-33-17-4-5-20-18(15-17)23(19(26)16-28-20)21(30)6-7-25(24(31)32)8-12-29(13-9-25)11-2-3-22-27-10-14-34-22/h4-5,10,14-16,21,30H,2-3,6-9,11-13H2,1H3,(H,31,32). The number of hydrogen-bond donors (Lipinski definition) is 2. The number of methoxy groups -OCH3 is 1. The van der Waals surface area contributed by atoms with Gasteiger partial charge in [0.25, 0.3) is 0 Å². The lowest BCUT2D eigenvalue weighted by Crippen LogP contribution is -2.44. The number of hydrogen-bond acceptors (Lipinski definition) is 7. The number of aromatic nitrogens is 2. The fraction of sp³-hybridized carbons (Fsp3) is 0.480. The van der Waals surface area contributed by atoms with Crippen molar-refractivity contribution in [2.24, 2.45) is 5.41 Å². The number of piperidine rings is 1. The molecule has 1 unspecified atom stereocenters. The Morgan fingerprint density at radius 2 is 2.12 bits per heavy atom. The second kappa shape index (κ2) is 11.0. The molecular formula is C25H30ClN3O4S. The minimum atomic E-state index is -0.891. The van der Waals surface area contributed by atoms with Crippen LogP contribution in [-0.4, -0.2) is 57.8 Å². The number of thiazole rings is 1. The molecule has 1 aliphatic heterocycles. The molecule has 182 valence electrons. The van der Waals surface area contributed by atoms with Gasteiger partial charge in [0.2, 0.25) is 0 Å². The van der Waals surface area contributed by atoms with Gasteiger partial charge in [-0.25, -0.2) is 4.98 Å². The van der Waals surface area contributed by atoms with Crippen molar-refractivity contribution in [3.8, 4) is 5.75 Å². The highest BCUT2D eigenvalue weighted by atomic mass is 35.5. The molecule has 9 heteroatoms. The lowest BCUT2D eigenvalue weighted by atomic mass is 9.74. The lowest BCUT2D eigenvalue weighted by Gasteiger charge is -2.39. The number of aliphatic hydroxyl groups excluding tert-OH is 1. The first-order valence-corrected chi connectivity index (χ1v) is 12.8. The minimum Gasteiger partial charge on any atom is -0.497 e. The Bertz CT molecular complexity index is 1120. The zero-order valence-corrected chi connectivity index (χ0v) is 20.8. The van der Waals surface area contributed by atoms with E-state index >= 15 is 0 Å². The molecule has 0 amide bonds. The predicted molar refractivity (Wildman–Crippen MR) is 134 cm³/mol. The monoisotopic (exact) mass is 503 g/mol. The average Bonchev–Trinajstić information content (AvgIpc) is 3.36. The maximum atomic E-state index is 12.3. The molecule has 7 nitrogen and oxygen atoms in total. The van der Waals surface area contributed by atoms with Crippen molar-refractivity contribution in [2.75, 3.05) is 26.7 Å². The van der Waals surface area contributed by atoms with E-state index in [0.717, 1.165) is 42.9 Å².